The van der Waals surface area contributed by atoms with Gasteiger partial charge in [-0.15, -0.1) is 0 Å². The fourth-order valence-electron chi connectivity index (χ4n) is 1.26. The molecule has 0 aromatic heterocycles. The molecule has 0 heterocycles. The molecule has 3 nitrogen and oxygen atoms in total. The highest BCUT2D eigenvalue weighted by Crippen LogP contribution is 2.27. The lowest BCUT2D eigenvalue weighted by atomic mass is 10.1. The van der Waals surface area contributed by atoms with Gasteiger partial charge in [0, 0.05) is 6.61 Å². The van der Waals surface area contributed by atoms with Crippen molar-refractivity contribution in [2.75, 3.05) is 13.4 Å². The lowest BCUT2D eigenvalue weighted by Crippen LogP contribution is -2.05. The van der Waals surface area contributed by atoms with Crippen molar-refractivity contribution in [2.24, 2.45) is 0 Å². The van der Waals surface area contributed by atoms with Crippen LogP contribution in [-0.2, 0) is 11.3 Å². The average molecular weight is 322 g/mol. The number of rotatable bonds is 5. The van der Waals surface area contributed by atoms with Crippen LogP contribution in [0.3, 0.4) is 0 Å². The zero-order chi connectivity index (χ0) is 11.3. The van der Waals surface area contributed by atoms with Crippen LogP contribution in [0.1, 0.15) is 18.1 Å². The summed E-state index contributed by atoms with van der Waals surface area (Å²) in [6, 6.07) is 3.83. The summed E-state index contributed by atoms with van der Waals surface area (Å²) >= 11 is 2.20. The van der Waals surface area contributed by atoms with Crippen molar-refractivity contribution in [3.63, 3.8) is 0 Å². The van der Waals surface area contributed by atoms with E-state index in [9.17, 15) is 0 Å². The standard InChI is InChI=1S/C11H15IO3/c1-3-14-7-15-11-8(2)4-9(6-13)5-10(11)12/h4-5,13H,3,6-7H2,1-2H3. The van der Waals surface area contributed by atoms with Gasteiger partial charge in [0.2, 0.25) is 0 Å². The van der Waals surface area contributed by atoms with Gasteiger partial charge in [-0.1, -0.05) is 6.07 Å². The third kappa shape index (κ3) is 3.62. The van der Waals surface area contributed by atoms with Gasteiger partial charge in [-0.25, -0.2) is 0 Å². The predicted molar refractivity (Wildman–Crippen MR) is 66.9 cm³/mol. The van der Waals surface area contributed by atoms with E-state index in [2.05, 4.69) is 22.6 Å². The van der Waals surface area contributed by atoms with Crippen LogP contribution in [0.5, 0.6) is 5.75 Å². The minimum atomic E-state index is 0.0581. The van der Waals surface area contributed by atoms with Gasteiger partial charge in [0.05, 0.1) is 10.2 Å². The van der Waals surface area contributed by atoms with E-state index >= 15 is 0 Å². The molecule has 0 atom stereocenters. The van der Waals surface area contributed by atoms with Crippen molar-refractivity contribution < 1.29 is 14.6 Å². The molecule has 0 amide bonds. The van der Waals surface area contributed by atoms with Crippen molar-refractivity contribution in [1.82, 2.24) is 0 Å². The van der Waals surface area contributed by atoms with E-state index < -0.39 is 0 Å². The molecule has 15 heavy (non-hydrogen) atoms. The van der Waals surface area contributed by atoms with Gasteiger partial charge >= 0.3 is 0 Å². The molecule has 0 aliphatic heterocycles. The second-order valence-corrected chi connectivity index (χ2v) is 4.30. The van der Waals surface area contributed by atoms with Crippen LogP contribution in [0.4, 0.5) is 0 Å². The average Bonchev–Trinajstić information content (AvgIpc) is 2.22. The SMILES string of the molecule is CCOCOc1c(C)cc(CO)cc1I. The zero-order valence-corrected chi connectivity index (χ0v) is 11.1. The number of halogens is 1. The maximum atomic E-state index is 9.02. The molecule has 0 saturated carbocycles. The van der Waals surface area contributed by atoms with Crippen LogP contribution in [0.2, 0.25) is 0 Å². The van der Waals surface area contributed by atoms with Crippen LogP contribution < -0.4 is 4.74 Å². The van der Waals surface area contributed by atoms with Gasteiger partial charge < -0.3 is 14.6 Å². The van der Waals surface area contributed by atoms with E-state index in [4.69, 9.17) is 14.6 Å². The molecule has 0 bridgehead atoms. The van der Waals surface area contributed by atoms with E-state index in [0.717, 1.165) is 20.4 Å². The monoisotopic (exact) mass is 322 g/mol. The maximum absolute atomic E-state index is 9.02. The topological polar surface area (TPSA) is 38.7 Å². The Morgan fingerprint density at radius 2 is 2.13 bits per heavy atom. The van der Waals surface area contributed by atoms with E-state index in [0.29, 0.717) is 6.61 Å². The zero-order valence-electron chi connectivity index (χ0n) is 8.92. The molecule has 1 aromatic carbocycles. The Labute approximate surface area is 104 Å². The minimum Gasteiger partial charge on any atom is -0.466 e. The highest BCUT2D eigenvalue weighted by Gasteiger charge is 2.07. The Morgan fingerprint density at radius 3 is 2.67 bits per heavy atom. The Morgan fingerprint density at radius 1 is 1.40 bits per heavy atom. The second-order valence-electron chi connectivity index (χ2n) is 3.14. The molecule has 0 saturated heterocycles. The van der Waals surface area contributed by atoms with Crippen LogP contribution in [0.15, 0.2) is 12.1 Å². The summed E-state index contributed by atoms with van der Waals surface area (Å²) in [4.78, 5) is 0. The summed E-state index contributed by atoms with van der Waals surface area (Å²) in [5, 5.41) is 9.02. The molecule has 0 aliphatic carbocycles. The molecule has 0 spiro atoms. The van der Waals surface area contributed by atoms with Crippen molar-refractivity contribution in [1.29, 1.82) is 0 Å². The highest BCUT2D eigenvalue weighted by atomic mass is 127. The number of benzene rings is 1. The van der Waals surface area contributed by atoms with E-state index in [1.54, 1.807) is 0 Å². The van der Waals surface area contributed by atoms with Gasteiger partial charge in [-0.05, 0) is 53.6 Å². The van der Waals surface area contributed by atoms with E-state index in [-0.39, 0.29) is 13.4 Å². The number of aryl methyl sites for hydroxylation is 1. The first-order valence-corrected chi connectivity index (χ1v) is 5.87. The van der Waals surface area contributed by atoms with Crippen molar-refractivity contribution >= 4 is 22.6 Å². The largest absolute Gasteiger partial charge is 0.466 e. The van der Waals surface area contributed by atoms with Gasteiger partial charge in [-0.3, -0.25) is 0 Å². The van der Waals surface area contributed by atoms with Gasteiger partial charge in [0.1, 0.15) is 5.75 Å². The highest BCUT2D eigenvalue weighted by molar-refractivity contribution is 14.1. The third-order valence-electron chi connectivity index (χ3n) is 1.96. The summed E-state index contributed by atoms with van der Waals surface area (Å²) in [6.07, 6.45) is 0. The predicted octanol–water partition coefficient (Wildman–Crippen LogP) is 2.46. The number of hydrogen-bond acceptors (Lipinski definition) is 3. The molecule has 4 heteroatoms. The van der Waals surface area contributed by atoms with Gasteiger partial charge in [0.15, 0.2) is 6.79 Å². The minimum absolute atomic E-state index is 0.0581. The molecule has 0 aliphatic rings. The third-order valence-corrected chi connectivity index (χ3v) is 2.76. The number of hydrogen-bond donors (Lipinski definition) is 1. The Hall–Kier alpha value is -0.330. The van der Waals surface area contributed by atoms with Crippen LogP contribution in [0, 0.1) is 10.5 Å². The number of ether oxygens (including phenoxy) is 2. The molecule has 0 unspecified atom stereocenters. The molecule has 84 valence electrons. The Kier molecular flexibility index (Phi) is 5.35. The Balaban J connectivity index is 2.79. The van der Waals surface area contributed by atoms with E-state index in [1.165, 1.54) is 0 Å². The quantitative estimate of drug-likeness (QED) is 0.514. The van der Waals surface area contributed by atoms with Crippen molar-refractivity contribution in [3.05, 3.63) is 26.8 Å². The molecular formula is C11H15IO3. The molecular weight excluding hydrogens is 307 g/mol. The summed E-state index contributed by atoms with van der Waals surface area (Å²) in [6.45, 7) is 4.86. The first-order valence-electron chi connectivity index (χ1n) is 4.79. The Bertz CT molecular complexity index is 303. The maximum Gasteiger partial charge on any atom is 0.189 e. The normalized spacial score (nSPS) is 10.4. The molecule has 0 radical (unpaired) electrons. The summed E-state index contributed by atoms with van der Waals surface area (Å²) in [5.41, 5.74) is 1.92. The summed E-state index contributed by atoms with van der Waals surface area (Å²) in [5.74, 6) is 0.834. The fraction of sp³-hybridized carbons (Fsp3) is 0.455. The summed E-state index contributed by atoms with van der Waals surface area (Å²) < 4.78 is 11.6. The lowest BCUT2D eigenvalue weighted by Gasteiger charge is -2.12. The van der Waals surface area contributed by atoms with Gasteiger partial charge in [0.25, 0.3) is 0 Å². The molecule has 1 rings (SSSR count). The lowest BCUT2D eigenvalue weighted by molar-refractivity contribution is 0.0214. The van der Waals surface area contributed by atoms with Crippen LogP contribution in [-0.4, -0.2) is 18.5 Å². The molecule has 1 aromatic rings. The molecule has 1 N–H and O–H groups in total. The smallest absolute Gasteiger partial charge is 0.189 e. The van der Waals surface area contributed by atoms with Crippen LogP contribution >= 0.6 is 22.6 Å². The van der Waals surface area contributed by atoms with E-state index in [1.807, 2.05) is 26.0 Å². The van der Waals surface area contributed by atoms with Gasteiger partial charge in [-0.2, -0.15) is 0 Å². The fourth-order valence-corrected chi connectivity index (χ4v) is 2.24. The van der Waals surface area contributed by atoms with Crippen molar-refractivity contribution in [3.8, 4) is 5.75 Å². The van der Waals surface area contributed by atoms with Crippen LogP contribution in [0.25, 0.3) is 0 Å². The first-order chi connectivity index (χ1) is 7.19. The second kappa shape index (κ2) is 6.30. The number of aliphatic hydroxyl groups is 1. The number of aliphatic hydroxyl groups excluding tert-OH is 1. The van der Waals surface area contributed by atoms with Crippen molar-refractivity contribution in [2.45, 2.75) is 20.5 Å². The summed E-state index contributed by atoms with van der Waals surface area (Å²) in [7, 11) is 0. The first kappa shape index (κ1) is 12.7. The molecule has 0 fully saturated rings.